The Balaban J connectivity index is 2.22. The first-order valence-electron chi connectivity index (χ1n) is 9.46. The molecule has 1 aliphatic rings. The predicted molar refractivity (Wildman–Crippen MR) is 99.9 cm³/mol. The molecule has 2 rings (SSSR count). The lowest BCUT2D eigenvalue weighted by Gasteiger charge is -2.35. The SMILES string of the molecule is CC(C)C(C(=O)NC1CCCCC1)N(CCO)C(=O)c1ccccc1O. The van der Waals surface area contributed by atoms with Crippen molar-refractivity contribution in [3.8, 4) is 5.75 Å². The molecule has 0 aliphatic heterocycles. The van der Waals surface area contributed by atoms with Crippen molar-refractivity contribution < 1.29 is 19.8 Å². The largest absolute Gasteiger partial charge is 0.507 e. The normalized spacial score (nSPS) is 16.3. The molecule has 1 aromatic carbocycles. The fourth-order valence-corrected chi connectivity index (χ4v) is 3.62. The summed E-state index contributed by atoms with van der Waals surface area (Å²) in [6.07, 6.45) is 5.33. The predicted octanol–water partition coefficient (Wildman–Crippen LogP) is 2.30. The van der Waals surface area contributed by atoms with Crippen LogP contribution in [-0.2, 0) is 4.79 Å². The third-order valence-corrected chi connectivity index (χ3v) is 4.92. The van der Waals surface area contributed by atoms with Crippen LogP contribution in [0.4, 0.5) is 0 Å². The zero-order valence-corrected chi connectivity index (χ0v) is 15.6. The molecule has 0 saturated heterocycles. The third kappa shape index (κ3) is 4.97. The van der Waals surface area contributed by atoms with E-state index in [1.54, 1.807) is 12.1 Å². The molecule has 6 nitrogen and oxygen atoms in total. The Morgan fingerprint density at radius 2 is 1.85 bits per heavy atom. The van der Waals surface area contributed by atoms with Gasteiger partial charge < -0.3 is 20.4 Å². The molecular weight excluding hydrogens is 332 g/mol. The summed E-state index contributed by atoms with van der Waals surface area (Å²) < 4.78 is 0. The second-order valence-electron chi connectivity index (χ2n) is 7.27. The number of benzene rings is 1. The second-order valence-corrected chi connectivity index (χ2v) is 7.27. The first-order valence-corrected chi connectivity index (χ1v) is 9.46. The van der Waals surface area contributed by atoms with Crippen molar-refractivity contribution >= 4 is 11.8 Å². The maximum absolute atomic E-state index is 13.0. The molecule has 1 fully saturated rings. The average molecular weight is 362 g/mol. The van der Waals surface area contributed by atoms with Gasteiger partial charge in [0.1, 0.15) is 11.8 Å². The van der Waals surface area contributed by atoms with E-state index in [-0.39, 0.29) is 42.3 Å². The minimum Gasteiger partial charge on any atom is -0.507 e. The van der Waals surface area contributed by atoms with E-state index in [4.69, 9.17) is 0 Å². The molecule has 0 radical (unpaired) electrons. The van der Waals surface area contributed by atoms with E-state index in [0.717, 1.165) is 25.7 Å². The van der Waals surface area contributed by atoms with Crippen LogP contribution in [0.25, 0.3) is 0 Å². The Hall–Kier alpha value is -2.08. The van der Waals surface area contributed by atoms with Crippen molar-refractivity contribution in [2.45, 2.75) is 58.0 Å². The zero-order chi connectivity index (χ0) is 19.1. The molecule has 1 unspecified atom stereocenters. The average Bonchev–Trinajstić information content (AvgIpc) is 2.61. The first-order chi connectivity index (χ1) is 12.5. The van der Waals surface area contributed by atoms with Crippen molar-refractivity contribution in [1.82, 2.24) is 10.2 Å². The fourth-order valence-electron chi connectivity index (χ4n) is 3.62. The molecule has 6 heteroatoms. The molecule has 144 valence electrons. The van der Waals surface area contributed by atoms with Crippen LogP contribution < -0.4 is 5.32 Å². The Morgan fingerprint density at radius 1 is 1.19 bits per heavy atom. The Kier molecular flexibility index (Phi) is 7.45. The van der Waals surface area contributed by atoms with Gasteiger partial charge in [-0.2, -0.15) is 0 Å². The van der Waals surface area contributed by atoms with Crippen molar-refractivity contribution in [1.29, 1.82) is 0 Å². The lowest BCUT2D eigenvalue weighted by atomic mass is 9.94. The molecule has 1 saturated carbocycles. The van der Waals surface area contributed by atoms with Crippen molar-refractivity contribution in [2.75, 3.05) is 13.2 Å². The van der Waals surface area contributed by atoms with Crippen LogP contribution in [0.15, 0.2) is 24.3 Å². The van der Waals surface area contributed by atoms with E-state index < -0.39 is 11.9 Å². The molecule has 0 heterocycles. The number of rotatable bonds is 7. The van der Waals surface area contributed by atoms with Crippen LogP contribution in [-0.4, -0.2) is 52.2 Å². The summed E-state index contributed by atoms with van der Waals surface area (Å²) in [6.45, 7) is 3.55. The lowest BCUT2D eigenvalue weighted by molar-refractivity contribution is -0.128. The number of aliphatic hydroxyl groups is 1. The van der Waals surface area contributed by atoms with Gasteiger partial charge in [-0.1, -0.05) is 45.2 Å². The van der Waals surface area contributed by atoms with Crippen LogP contribution in [0.5, 0.6) is 5.75 Å². The Bertz CT molecular complexity index is 612. The van der Waals surface area contributed by atoms with Crippen molar-refractivity contribution in [3.05, 3.63) is 29.8 Å². The summed E-state index contributed by atoms with van der Waals surface area (Å²) in [5, 5.41) is 22.5. The number of phenols is 1. The number of hydrogen-bond donors (Lipinski definition) is 3. The van der Waals surface area contributed by atoms with Gasteiger partial charge in [0.25, 0.3) is 5.91 Å². The highest BCUT2D eigenvalue weighted by atomic mass is 16.3. The van der Waals surface area contributed by atoms with Crippen molar-refractivity contribution in [3.63, 3.8) is 0 Å². The van der Waals surface area contributed by atoms with Gasteiger partial charge in [0, 0.05) is 12.6 Å². The van der Waals surface area contributed by atoms with E-state index in [2.05, 4.69) is 5.32 Å². The Labute approximate surface area is 155 Å². The molecule has 1 aromatic rings. The van der Waals surface area contributed by atoms with Gasteiger partial charge in [-0.15, -0.1) is 0 Å². The molecule has 1 atom stereocenters. The summed E-state index contributed by atoms with van der Waals surface area (Å²) in [7, 11) is 0. The molecule has 1 aliphatic carbocycles. The van der Waals surface area contributed by atoms with Gasteiger partial charge in [-0.05, 0) is 30.9 Å². The maximum Gasteiger partial charge on any atom is 0.258 e. The Morgan fingerprint density at radius 3 is 2.42 bits per heavy atom. The highest BCUT2D eigenvalue weighted by Gasteiger charge is 2.34. The molecule has 0 bridgehead atoms. The molecule has 0 aromatic heterocycles. The number of hydrogen-bond acceptors (Lipinski definition) is 4. The number of aromatic hydroxyl groups is 1. The molecule has 0 spiro atoms. The number of nitrogens with zero attached hydrogens (tertiary/aromatic N) is 1. The number of amides is 2. The number of para-hydroxylation sites is 1. The van der Waals surface area contributed by atoms with E-state index in [1.807, 2.05) is 13.8 Å². The summed E-state index contributed by atoms with van der Waals surface area (Å²) in [6, 6.07) is 5.72. The van der Waals surface area contributed by atoms with Crippen molar-refractivity contribution in [2.24, 2.45) is 5.92 Å². The summed E-state index contributed by atoms with van der Waals surface area (Å²) >= 11 is 0. The second kappa shape index (κ2) is 9.57. The first kappa shape index (κ1) is 20.2. The van der Waals surface area contributed by atoms with E-state index in [1.165, 1.54) is 23.5 Å². The number of phenolic OH excluding ortho intramolecular Hbond substituents is 1. The smallest absolute Gasteiger partial charge is 0.258 e. The summed E-state index contributed by atoms with van der Waals surface area (Å²) in [4.78, 5) is 27.3. The zero-order valence-electron chi connectivity index (χ0n) is 15.6. The number of carbonyl (C=O) groups excluding carboxylic acids is 2. The molecular formula is C20H30N2O4. The maximum atomic E-state index is 13.0. The van der Waals surface area contributed by atoms with Crippen LogP contribution in [0, 0.1) is 5.92 Å². The van der Waals surface area contributed by atoms with Crippen LogP contribution >= 0.6 is 0 Å². The summed E-state index contributed by atoms with van der Waals surface area (Å²) in [5.41, 5.74) is 0.136. The molecule has 3 N–H and O–H groups in total. The van der Waals surface area contributed by atoms with Gasteiger partial charge >= 0.3 is 0 Å². The van der Waals surface area contributed by atoms with Crippen LogP contribution in [0.1, 0.15) is 56.3 Å². The fraction of sp³-hybridized carbons (Fsp3) is 0.600. The van der Waals surface area contributed by atoms with Crippen LogP contribution in [0.3, 0.4) is 0 Å². The van der Waals surface area contributed by atoms with Gasteiger partial charge in [-0.3, -0.25) is 9.59 Å². The van der Waals surface area contributed by atoms with E-state index in [9.17, 15) is 19.8 Å². The van der Waals surface area contributed by atoms with Gasteiger partial charge in [0.2, 0.25) is 5.91 Å². The van der Waals surface area contributed by atoms with Gasteiger partial charge in [0.15, 0.2) is 0 Å². The van der Waals surface area contributed by atoms with Gasteiger partial charge in [0.05, 0.1) is 12.2 Å². The highest BCUT2D eigenvalue weighted by molar-refractivity contribution is 5.99. The number of carbonyl (C=O) groups is 2. The minimum absolute atomic E-state index is 0.0358. The number of aliphatic hydroxyl groups excluding tert-OH is 1. The monoisotopic (exact) mass is 362 g/mol. The molecule has 2 amide bonds. The minimum atomic E-state index is -0.698. The van der Waals surface area contributed by atoms with Crippen LogP contribution in [0.2, 0.25) is 0 Å². The third-order valence-electron chi connectivity index (χ3n) is 4.92. The molecule has 26 heavy (non-hydrogen) atoms. The van der Waals surface area contributed by atoms with E-state index >= 15 is 0 Å². The summed E-state index contributed by atoms with van der Waals surface area (Å²) in [5.74, 6) is -0.894. The topological polar surface area (TPSA) is 89.9 Å². The van der Waals surface area contributed by atoms with E-state index in [0.29, 0.717) is 0 Å². The standard InChI is InChI=1S/C20H30N2O4/c1-14(2)18(19(25)21-15-8-4-3-5-9-15)22(12-13-23)20(26)16-10-6-7-11-17(16)24/h6-7,10-11,14-15,18,23-24H,3-5,8-9,12-13H2,1-2H3,(H,21,25). The lowest BCUT2D eigenvalue weighted by Crippen LogP contribution is -2.55. The van der Waals surface area contributed by atoms with Gasteiger partial charge in [-0.25, -0.2) is 0 Å². The quantitative estimate of drug-likeness (QED) is 0.694. The number of nitrogens with one attached hydrogen (secondary N) is 1. The highest BCUT2D eigenvalue weighted by Crippen LogP contribution is 2.23.